The molecule has 3 atom stereocenters. The van der Waals surface area contributed by atoms with E-state index < -0.39 is 19.9 Å². The summed E-state index contributed by atoms with van der Waals surface area (Å²) >= 11 is 3.29. The standard InChI is InChI=1S/C18H27BrN2O5S2/c1-13-10-20(11-14(2)26-13)12-15-5-4-8-21(15)28(24,25)18-9-16(27(3,22)23)6-7-17(18)19/h6-7,9,13-15H,4-5,8,10-12H2,1-3H3/t13-,14+,15-/m0/s1. The van der Waals surface area contributed by atoms with Crippen LogP contribution >= 0.6 is 15.9 Å². The molecular formula is C18H27BrN2O5S2. The van der Waals surface area contributed by atoms with Gasteiger partial charge in [-0.1, -0.05) is 0 Å². The molecule has 3 rings (SSSR count). The van der Waals surface area contributed by atoms with Crippen molar-refractivity contribution in [3.8, 4) is 0 Å². The van der Waals surface area contributed by atoms with Gasteiger partial charge in [-0.15, -0.1) is 0 Å². The average Bonchev–Trinajstić information content (AvgIpc) is 3.02. The largest absolute Gasteiger partial charge is 0.373 e. The number of sulfonamides is 1. The van der Waals surface area contributed by atoms with Gasteiger partial charge in [-0.3, -0.25) is 4.90 Å². The molecule has 0 amide bonds. The van der Waals surface area contributed by atoms with Crippen LogP contribution in [0.1, 0.15) is 26.7 Å². The summed E-state index contributed by atoms with van der Waals surface area (Å²) in [7, 11) is -7.32. The monoisotopic (exact) mass is 494 g/mol. The minimum Gasteiger partial charge on any atom is -0.373 e. The summed E-state index contributed by atoms with van der Waals surface area (Å²) in [4.78, 5) is 2.27. The van der Waals surface area contributed by atoms with Crippen LogP contribution in [0.2, 0.25) is 0 Å². The lowest BCUT2D eigenvalue weighted by atomic mass is 10.1. The first kappa shape index (κ1) is 22.2. The van der Waals surface area contributed by atoms with Crippen molar-refractivity contribution in [2.45, 2.75) is 54.7 Å². The quantitative estimate of drug-likeness (QED) is 0.623. The molecule has 1 aromatic carbocycles. The lowest BCUT2D eigenvalue weighted by molar-refractivity contribution is -0.0707. The lowest BCUT2D eigenvalue weighted by Gasteiger charge is -2.38. The highest BCUT2D eigenvalue weighted by Crippen LogP contribution is 2.32. The van der Waals surface area contributed by atoms with E-state index >= 15 is 0 Å². The summed E-state index contributed by atoms with van der Waals surface area (Å²) in [6.07, 6.45) is 2.91. The Morgan fingerprint density at radius 2 is 1.79 bits per heavy atom. The number of hydrogen-bond donors (Lipinski definition) is 0. The molecule has 2 aliphatic rings. The molecule has 158 valence electrons. The molecule has 0 radical (unpaired) electrons. The molecule has 2 heterocycles. The van der Waals surface area contributed by atoms with Crippen LogP contribution in [0.3, 0.4) is 0 Å². The highest BCUT2D eigenvalue weighted by atomic mass is 79.9. The summed E-state index contributed by atoms with van der Waals surface area (Å²) in [5.74, 6) is 0. The van der Waals surface area contributed by atoms with E-state index in [1.54, 1.807) is 0 Å². The van der Waals surface area contributed by atoms with Crippen LogP contribution in [0, 0.1) is 0 Å². The van der Waals surface area contributed by atoms with Gasteiger partial charge in [-0.2, -0.15) is 4.31 Å². The molecule has 0 aromatic heterocycles. The predicted octanol–water partition coefficient (Wildman–Crippen LogP) is 2.11. The van der Waals surface area contributed by atoms with Crippen LogP contribution in [-0.2, 0) is 24.6 Å². The van der Waals surface area contributed by atoms with E-state index in [1.165, 1.54) is 22.5 Å². The van der Waals surface area contributed by atoms with Crippen LogP contribution in [0.15, 0.2) is 32.5 Å². The zero-order valence-electron chi connectivity index (χ0n) is 16.3. The number of morpholine rings is 1. The molecule has 1 aromatic rings. The molecule has 10 heteroatoms. The molecule has 0 bridgehead atoms. The first-order valence-corrected chi connectivity index (χ1v) is 13.5. The second-order valence-corrected chi connectivity index (χ2v) is 12.5. The van der Waals surface area contributed by atoms with E-state index in [4.69, 9.17) is 4.74 Å². The van der Waals surface area contributed by atoms with Gasteiger partial charge in [0.05, 0.1) is 22.0 Å². The Balaban J connectivity index is 1.87. The Bertz CT molecular complexity index is 925. The number of ether oxygens (including phenoxy) is 1. The number of halogens is 1. The van der Waals surface area contributed by atoms with Crippen molar-refractivity contribution in [3.63, 3.8) is 0 Å². The minimum absolute atomic E-state index is 0.000788. The van der Waals surface area contributed by atoms with E-state index in [-0.39, 0.29) is 28.0 Å². The highest BCUT2D eigenvalue weighted by molar-refractivity contribution is 9.10. The third-order valence-electron chi connectivity index (χ3n) is 5.20. The molecule has 0 aliphatic carbocycles. The fourth-order valence-electron chi connectivity index (χ4n) is 4.08. The van der Waals surface area contributed by atoms with Gasteiger partial charge in [-0.25, -0.2) is 16.8 Å². The SMILES string of the molecule is C[C@@H]1CN(C[C@@H]2CCCN2S(=O)(=O)c2cc(S(C)(=O)=O)ccc2Br)C[C@H](C)O1. The predicted molar refractivity (Wildman–Crippen MR) is 111 cm³/mol. The van der Waals surface area contributed by atoms with E-state index in [0.717, 1.165) is 32.2 Å². The number of nitrogens with zero attached hydrogens (tertiary/aromatic N) is 2. The average molecular weight is 495 g/mol. The summed E-state index contributed by atoms with van der Waals surface area (Å²) in [6.45, 7) is 6.71. The van der Waals surface area contributed by atoms with Crippen LogP contribution in [0.25, 0.3) is 0 Å². The third-order valence-corrected chi connectivity index (χ3v) is 9.26. The van der Waals surface area contributed by atoms with Gasteiger partial charge in [0.1, 0.15) is 0 Å². The van der Waals surface area contributed by atoms with Crippen molar-refractivity contribution >= 4 is 35.8 Å². The number of benzene rings is 1. The van der Waals surface area contributed by atoms with Crippen LogP contribution in [0.5, 0.6) is 0 Å². The van der Waals surface area contributed by atoms with E-state index in [9.17, 15) is 16.8 Å². The van der Waals surface area contributed by atoms with Gasteiger partial charge in [0, 0.05) is 42.9 Å². The first-order chi connectivity index (χ1) is 13.0. The molecular weight excluding hydrogens is 468 g/mol. The molecule has 7 nitrogen and oxygen atoms in total. The molecule has 0 N–H and O–H groups in total. The second-order valence-electron chi connectivity index (χ2n) is 7.75. The maximum absolute atomic E-state index is 13.4. The van der Waals surface area contributed by atoms with Crippen LogP contribution in [-0.4, -0.2) is 76.7 Å². The van der Waals surface area contributed by atoms with Gasteiger partial charge in [0.15, 0.2) is 9.84 Å². The van der Waals surface area contributed by atoms with Gasteiger partial charge in [0.2, 0.25) is 10.0 Å². The molecule has 0 unspecified atom stereocenters. The van der Waals surface area contributed by atoms with Crippen molar-refractivity contribution in [3.05, 3.63) is 22.7 Å². The van der Waals surface area contributed by atoms with Crippen molar-refractivity contribution in [1.29, 1.82) is 0 Å². The van der Waals surface area contributed by atoms with Gasteiger partial charge < -0.3 is 4.74 Å². The Morgan fingerprint density at radius 1 is 1.14 bits per heavy atom. The minimum atomic E-state index is -3.82. The zero-order chi connectivity index (χ0) is 20.7. The van der Waals surface area contributed by atoms with Crippen LogP contribution < -0.4 is 0 Å². The van der Waals surface area contributed by atoms with Gasteiger partial charge in [-0.05, 0) is 60.8 Å². The maximum atomic E-state index is 13.4. The first-order valence-electron chi connectivity index (χ1n) is 9.37. The number of sulfone groups is 1. The summed E-state index contributed by atoms with van der Waals surface area (Å²) in [5, 5.41) is 0. The van der Waals surface area contributed by atoms with Crippen molar-refractivity contribution in [1.82, 2.24) is 9.21 Å². The topological polar surface area (TPSA) is 84.0 Å². The van der Waals surface area contributed by atoms with Gasteiger partial charge >= 0.3 is 0 Å². The lowest BCUT2D eigenvalue weighted by Crippen LogP contribution is -2.50. The smallest absolute Gasteiger partial charge is 0.244 e. The van der Waals surface area contributed by atoms with Crippen molar-refractivity contribution < 1.29 is 21.6 Å². The summed E-state index contributed by atoms with van der Waals surface area (Å²) < 4.78 is 58.2. The molecule has 0 spiro atoms. The Labute approximate surface area is 176 Å². The second kappa shape index (κ2) is 8.31. The van der Waals surface area contributed by atoms with Crippen LogP contribution in [0.4, 0.5) is 0 Å². The maximum Gasteiger partial charge on any atom is 0.244 e. The molecule has 28 heavy (non-hydrogen) atoms. The molecule has 2 aliphatic heterocycles. The van der Waals surface area contributed by atoms with E-state index in [0.29, 0.717) is 17.6 Å². The Kier molecular flexibility index (Phi) is 6.58. The highest BCUT2D eigenvalue weighted by Gasteiger charge is 2.38. The normalized spacial score (nSPS) is 27.9. The summed E-state index contributed by atoms with van der Waals surface area (Å²) in [6, 6.07) is 4.02. The molecule has 2 saturated heterocycles. The summed E-state index contributed by atoms with van der Waals surface area (Å²) in [5.41, 5.74) is 0. The zero-order valence-corrected chi connectivity index (χ0v) is 19.6. The van der Waals surface area contributed by atoms with E-state index in [1.807, 2.05) is 13.8 Å². The van der Waals surface area contributed by atoms with E-state index in [2.05, 4.69) is 20.8 Å². The fraction of sp³-hybridized carbons (Fsp3) is 0.667. The molecule has 0 saturated carbocycles. The fourth-order valence-corrected chi connectivity index (χ4v) is 7.44. The van der Waals surface area contributed by atoms with Crippen molar-refractivity contribution in [2.75, 3.05) is 32.4 Å². The number of rotatable bonds is 5. The Morgan fingerprint density at radius 3 is 2.39 bits per heavy atom. The number of hydrogen-bond acceptors (Lipinski definition) is 6. The third kappa shape index (κ3) is 4.79. The molecule has 2 fully saturated rings. The Hall–Kier alpha value is -0.520. The van der Waals surface area contributed by atoms with Gasteiger partial charge in [0.25, 0.3) is 0 Å². The van der Waals surface area contributed by atoms with Crippen molar-refractivity contribution in [2.24, 2.45) is 0 Å².